The minimum Gasteiger partial charge on any atom is -0.460 e. The quantitative estimate of drug-likeness (QED) is 0.507. The average Bonchev–Trinajstić information content (AvgIpc) is 2.62. The summed E-state index contributed by atoms with van der Waals surface area (Å²) in [5, 5.41) is 0. The van der Waals surface area contributed by atoms with Crippen LogP contribution in [0.4, 0.5) is 4.39 Å². The van der Waals surface area contributed by atoms with Gasteiger partial charge in [-0.15, -0.1) is 0 Å². The second-order valence-corrected chi connectivity index (χ2v) is 6.43. The van der Waals surface area contributed by atoms with Crippen molar-refractivity contribution in [2.24, 2.45) is 0 Å². The lowest BCUT2D eigenvalue weighted by Gasteiger charge is -2.11. The molecule has 3 nitrogen and oxygen atoms in total. The van der Waals surface area contributed by atoms with Crippen LogP contribution in [0.5, 0.6) is 5.75 Å². The molecule has 0 saturated heterocycles. The average molecular weight is 344 g/mol. The van der Waals surface area contributed by atoms with E-state index >= 15 is 0 Å². The smallest absolute Gasteiger partial charge is 0.238 e. The molecule has 0 spiro atoms. The molecule has 2 aromatic rings. The fourth-order valence-corrected chi connectivity index (χ4v) is 2.68. The first kappa shape index (κ1) is 19.4. The molecule has 0 aliphatic carbocycles. The van der Waals surface area contributed by atoms with Crippen LogP contribution in [0.1, 0.15) is 62.9 Å². The van der Waals surface area contributed by atoms with Gasteiger partial charge in [-0.25, -0.2) is 14.4 Å². The number of hydrogen-bond acceptors (Lipinski definition) is 3. The summed E-state index contributed by atoms with van der Waals surface area (Å²) in [7, 11) is 0. The van der Waals surface area contributed by atoms with Gasteiger partial charge in [0, 0.05) is 25.2 Å². The predicted molar refractivity (Wildman–Crippen MR) is 99.5 cm³/mol. The van der Waals surface area contributed by atoms with E-state index in [1.54, 1.807) is 6.07 Å². The van der Waals surface area contributed by atoms with Gasteiger partial charge in [0.1, 0.15) is 11.6 Å². The van der Waals surface area contributed by atoms with Crippen LogP contribution in [0.25, 0.3) is 0 Å². The lowest BCUT2D eigenvalue weighted by atomic mass is 10.1. The number of nitrogens with zero attached hydrogens (tertiary/aromatic N) is 2. The third-order valence-corrected chi connectivity index (χ3v) is 4.14. The highest BCUT2D eigenvalue weighted by molar-refractivity contribution is 5.29. The van der Waals surface area contributed by atoms with Crippen molar-refractivity contribution >= 4 is 0 Å². The van der Waals surface area contributed by atoms with Gasteiger partial charge in [-0.2, -0.15) is 0 Å². The Bertz CT molecular complexity index is 616. The highest BCUT2D eigenvalue weighted by atomic mass is 19.1. The molecule has 0 N–H and O–H groups in total. The number of halogens is 1. The molecule has 1 aromatic heterocycles. The van der Waals surface area contributed by atoms with Gasteiger partial charge >= 0.3 is 0 Å². The number of hydrogen-bond donors (Lipinski definition) is 0. The molecule has 0 aliphatic rings. The Morgan fingerprint density at radius 1 is 0.960 bits per heavy atom. The largest absolute Gasteiger partial charge is 0.460 e. The van der Waals surface area contributed by atoms with Gasteiger partial charge in [-0.1, -0.05) is 38.8 Å². The van der Waals surface area contributed by atoms with E-state index in [1.807, 2.05) is 37.5 Å². The molecule has 1 atom stereocenters. The summed E-state index contributed by atoms with van der Waals surface area (Å²) in [6.07, 6.45) is 10.1. The first-order chi connectivity index (χ1) is 12.2. The summed E-state index contributed by atoms with van der Waals surface area (Å²) in [6, 6.07) is 7.63. The molecular weight excluding hydrogens is 315 g/mol. The fourth-order valence-electron chi connectivity index (χ4n) is 2.68. The van der Waals surface area contributed by atoms with Crippen LogP contribution >= 0.6 is 0 Å². The normalized spacial score (nSPS) is 12.1. The van der Waals surface area contributed by atoms with Crippen LogP contribution in [0.3, 0.4) is 0 Å². The number of aromatic nitrogens is 2. The zero-order chi connectivity index (χ0) is 17.9. The van der Waals surface area contributed by atoms with E-state index in [4.69, 9.17) is 4.74 Å². The molecule has 1 unspecified atom stereocenters. The predicted octanol–water partition coefficient (Wildman–Crippen LogP) is 5.47. The van der Waals surface area contributed by atoms with Crippen molar-refractivity contribution in [2.45, 2.75) is 71.6 Å². The van der Waals surface area contributed by atoms with Gasteiger partial charge in [-0.05, 0) is 48.9 Å². The molecule has 0 amide bonds. The monoisotopic (exact) mass is 344 g/mol. The van der Waals surface area contributed by atoms with Gasteiger partial charge in [0.05, 0.1) is 0 Å². The molecule has 25 heavy (non-hydrogen) atoms. The standard InChI is InChI=1S/C21H29FN2O/c1-3-5-6-9-18-15-23-21(24-16-18)13-12-17-10-7-11-19(14-17)25-20(22)8-4-2/h7,10-11,14-16,20H,3-6,8-9,12-13H2,1-2H3. The van der Waals surface area contributed by atoms with Crippen molar-refractivity contribution < 1.29 is 9.13 Å². The first-order valence-electron chi connectivity index (χ1n) is 9.40. The van der Waals surface area contributed by atoms with Crippen molar-refractivity contribution in [1.82, 2.24) is 9.97 Å². The van der Waals surface area contributed by atoms with Crippen LogP contribution < -0.4 is 4.74 Å². The Balaban J connectivity index is 1.84. The van der Waals surface area contributed by atoms with Crippen molar-refractivity contribution in [2.75, 3.05) is 0 Å². The van der Waals surface area contributed by atoms with Gasteiger partial charge in [0.15, 0.2) is 0 Å². The molecule has 0 bridgehead atoms. The van der Waals surface area contributed by atoms with Gasteiger partial charge in [0.25, 0.3) is 0 Å². The first-order valence-corrected chi connectivity index (χ1v) is 9.40. The summed E-state index contributed by atoms with van der Waals surface area (Å²) in [4.78, 5) is 8.93. The van der Waals surface area contributed by atoms with Crippen molar-refractivity contribution in [3.05, 3.63) is 53.6 Å². The maximum absolute atomic E-state index is 13.6. The Morgan fingerprint density at radius 3 is 2.48 bits per heavy atom. The summed E-state index contributed by atoms with van der Waals surface area (Å²) in [5.41, 5.74) is 2.31. The summed E-state index contributed by atoms with van der Waals surface area (Å²) < 4.78 is 18.9. The van der Waals surface area contributed by atoms with Crippen molar-refractivity contribution in [3.63, 3.8) is 0 Å². The highest BCUT2D eigenvalue weighted by Crippen LogP contribution is 2.18. The van der Waals surface area contributed by atoms with E-state index < -0.39 is 6.36 Å². The third kappa shape index (κ3) is 7.20. The highest BCUT2D eigenvalue weighted by Gasteiger charge is 2.07. The maximum Gasteiger partial charge on any atom is 0.238 e. The van der Waals surface area contributed by atoms with E-state index in [2.05, 4.69) is 16.9 Å². The van der Waals surface area contributed by atoms with Crippen LogP contribution in [0, 0.1) is 0 Å². The number of unbranched alkanes of at least 4 members (excludes halogenated alkanes) is 2. The van der Waals surface area contributed by atoms with Gasteiger partial charge in [0.2, 0.25) is 6.36 Å². The number of rotatable bonds is 11. The summed E-state index contributed by atoms with van der Waals surface area (Å²) in [5.74, 6) is 1.44. The SMILES string of the molecule is CCCCCc1cnc(CCc2cccc(OC(F)CCC)c2)nc1. The topological polar surface area (TPSA) is 35.0 Å². The number of alkyl halides is 1. The van der Waals surface area contributed by atoms with Crippen LogP contribution in [-0.2, 0) is 19.3 Å². The maximum atomic E-state index is 13.6. The Morgan fingerprint density at radius 2 is 1.76 bits per heavy atom. The third-order valence-electron chi connectivity index (χ3n) is 4.14. The number of benzene rings is 1. The molecule has 0 radical (unpaired) electrons. The Labute approximate surface area is 150 Å². The van der Waals surface area contributed by atoms with Crippen LogP contribution in [0.2, 0.25) is 0 Å². The molecule has 136 valence electrons. The molecule has 0 saturated carbocycles. The Hall–Kier alpha value is -1.97. The summed E-state index contributed by atoms with van der Waals surface area (Å²) >= 11 is 0. The van der Waals surface area contributed by atoms with E-state index in [1.165, 1.54) is 24.8 Å². The molecule has 0 fully saturated rings. The minimum absolute atomic E-state index is 0.419. The second-order valence-electron chi connectivity index (χ2n) is 6.43. The van der Waals surface area contributed by atoms with Crippen molar-refractivity contribution in [1.29, 1.82) is 0 Å². The summed E-state index contributed by atoms with van der Waals surface area (Å²) in [6.45, 7) is 4.15. The zero-order valence-corrected chi connectivity index (χ0v) is 15.4. The molecule has 1 aromatic carbocycles. The molecule has 4 heteroatoms. The second kappa shape index (κ2) is 10.8. The Kier molecular flexibility index (Phi) is 8.36. The van der Waals surface area contributed by atoms with E-state index in [0.717, 1.165) is 37.1 Å². The van der Waals surface area contributed by atoms with Gasteiger partial charge < -0.3 is 4.74 Å². The molecule has 1 heterocycles. The van der Waals surface area contributed by atoms with Crippen molar-refractivity contribution in [3.8, 4) is 5.75 Å². The molecule has 0 aliphatic heterocycles. The van der Waals surface area contributed by atoms with Crippen LogP contribution in [-0.4, -0.2) is 16.3 Å². The fraction of sp³-hybridized carbons (Fsp3) is 0.524. The number of ether oxygens (including phenoxy) is 1. The number of aryl methyl sites for hydroxylation is 3. The van der Waals surface area contributed by atoms with Gasteiger partial charge in [-0.3, -0.25) is 0 Å². The van der Waals surface area contributed by atoms with E-state index in [9.17, 15) is 4.39 Å². The molecule has 2 rings (SSSR count). The molecular formula is C21H29FN2O. The van der Waals surface area contributed by atoms with E-state index in [-0.39, 0.29) is 0 Å². The lowest BCUT2D eigenvalue weighted by Crippen LogP contribution is -2.09. The zero-order valence-electron chi connectivity index (χ0n) is 15.4. The van der Waals surface area contributed by atoms with E-state index in [0.29, 0.717) is 12.2 Å². The lowest BCUT2D eigenvalue weighted by molar-refractivity contribution is 0.0588. The minimum atomic E-state index is -1.23. The van der Waals surface area contributed by atoms with Crippen LogP contribution in [0.15, 0.2) is 36.7 Å².